The smallest absolute Gasteiger partial charge is 0.324 e. The second kappa shape index (κ2) is 7.64. The molecule has 0 saturated heterocycles. The highest BCUT2D eigenvalue weighted by molar-refractivity contribution is 6.00. The number of hydrogen-bond acceptors (Lipinski definition) is 4. The molecule has 5 N–H and O–H groups in total. The molecule has 2 aromatic rings. The molecule has 1 aromatic carbocycles. The van der Waals surface area contributed by atoms with E-state index in [4.69, 9.17) is 10.5 Å². The molecular formula is C20H18N5O4. The number of allylic oxidation sites excluding steroid dienone is 1. The van der Waals surface area contributed by atoms with Gasteiger partial charge in [0, 0.05) is 12.1 Å². The summed E-state index contributed by atoms with van der Waals surface area (Å²) in [7, 11) is 0. The van der Waals surface area contributed by atoms with E-state index < -0.39 is 11.9 Å². The van der Waals surface area contributed by atoms with Crippen molar-refractivity contribution in [3.05, 3.63) is 76.9 Å². The Labute approximate surface area is 166 Å². The van der Waals surface area contributed by atoms with Gasteiger partial charge in [0.2, 0.25) is 0 Å². The molecule has 0 bridgehead atoms. The quantitative estimate of drug-likeness (QED) is 0.618. The Hall–Kier alpha value is -3.85. The van der Waals surface area contributed by atoms with Crippen molar-refractivity contribution < 1.29 is 19.4 Å². The number of fused-ring (bicyclic) bond motifs is 1. The van der Waals surface area contributed by atoms with Crippen LogP contribution in [0.1, 0.15) is 21.9 Å². The lowest BCUT2D eigenvalue weighted by Gasteiger charge is -2.15. The van der Waals surface area contributed by atoms with Gasteiger partial charge in [0.05, 0.1) is 6.61 Å². The minimum atomic E-state index is -0.773. The zero-order chi connectivity index (χ0) is 20.4. The molecule has 1 unspecified atom stereocenters. The first-order valence-electron chi connectivity index (χ1n) is 8.92. The third kappa shape index (κ3) is 4.19. The standard InChI is InChI=1S/C20H18N5O4/c21-18(27)17-19(24-16(23-17)9-11-1-4-14(26)5-2-11)25-20(28)22-13-3-6-15-12(10-13)7-8-29-15/h1-7,10,15H,8-9H2,(H2,21,27)(H,23,24)(H2,22,25,28). The summed E-state index contributed by atoms with van der Waals surface area (Å²) >= 11 is 0. The average molecular weight is 392 g/mol. The van der Waals surface area contributed by atoms with Crippen molar-refractivity contribution in [2.45, 2.75) is 12.5 Å². The molecule has 3 amide bonds. The van der Waals surface area contributed by atoms with E-state index in [1.165, 1.54) is 12.1 Å². The zero-order valence-electron chi connectivity index (χ0n) is 15.3. The SMILES string of the molecule is NC(=O)c1nc(Cc2ccc([O])cc2)[nH]c1NC(=O)NC1=CC2=CCOC2C=C1. The van der Waals surface area contributed by atoms with Crippen LogP contribution >= 0.6 is 0 Å². The summed E-state index contributed by atoms with van der Waals surface area (Å²) < 4.78 is 5.47. The Bertz CT molecular complexity index is 1050. The molecule has 9 nitrogen and oxygen atoms in total. The van der Waals surface area contributed by atoms with Crippen LogP contribution in [0.5, 0.6) is 5.75 Å². The van der Waals surface area contributed by atoms with E-state index in [0.717, 1.165) is 11.1 Å². The average Bonchev–Trinajstić information content (AvgIpc) is 3.30. The number of amides is 3. The van der Waals surface area contributed by atoms with Crippen LogP contribution in [-0.4, -0.2) is 34.6 Å². The predicted molar refractivity (Wildman–Crippen MR) is 104 cm³/mol. The minimum absolute atomic E-state index is 0.0732. The van der Waals surface area contributed by atoms with Gasteiger partial charge in [-0.05, 0) is 41.5 Å². The molecule has 1 atom stereocenters. The fourth-order valence-corrected chi connectivity index (χ4v) is 3.12. The molecule has 1 aromatic heterocycles. The van der Waals surface area contributed by atoms with Crippen LogP contribution in [0.2, 0.25) is 0 Å². The van der Waals surface area contributed by atoms with Crippen LogP contribution in [0.25, 0.3) is 0 Å². The van der Waals surface area contributed by atoms with E-state index in [1.807, 2.05) is 18.2 Å². The van der Waals surface area contributed by atoms with Crippen molar-refractivity contribution in [3.63, 3.8) is 0 Å². The number of carbonyl (C=O) groups excluding carboxylic acids is 2. The van der Waals surface area contributed by atoms with Crippen LogP contribution in [0.15, 0.2) is 59.8 Å². The molecule has 0 fully saturated rings. The Balaban J connectivity index is 1.46. The third-order valence-electron chi connectivity index (χ3n) is 4.47. The van der Waals surface area contributed by atoms with Gasteiger partial charge in [0.1, 0.15) is 17.7 Å². The topological polar surface area (TPSA) is 142 Å². The molecular weight excluding hydrogens is 374 g/mol. The van der Waals surface area contributed by atoms with Gasteiger partial charge in [-0.15, -0.1) is 0 Å². The van der Waals surface area contributed by atoms with Gasteiger partial charge in [-0.3, -0.25) is 15.2 Å². The van der Waals surface area contributed by atoms with Crippen molar-refractivity contribution in [1.29, 1.82) is 0 Å². The largest absolute Gasteiger partial charge is 0.365 e. The highest BCUT2D eigenvalue weighted by Gasteiger charge is 2.21. The maximum Gasteiger partial charge on any atom is 0.324 e. The number of carbonyl (C=O) groups is 2. The van der Waals surface area contributed by atoms with Crippen molar-refractivity contribution in [2.24, 2.45) is 5.73 Å². The highest BCUT2D eigenvalue weighted by Crippen LogP contribution is 2.23. The monoisotopic (exact) mass is 392 g/mol. The van der Waals surface area contributed by atoms with Crippen LogP contribution in [0.4, 0.5) is 10.6 Å². The summed E-state index contributed by atoms with van der Waals surface area (Å²) in [6.07, 6.45) is 7.64. The number of nitrogens with zero attached hydrogens (tertiary/aromatic N) is 1. The highest BCUT2D eigenvalue weighted by atomic mass is 16.5. The lowest BCUT2D eigenvalue weighted by Crippen LogP contribution is -2.30. The third-order valence-corrected chi connectivity index (χ3v) is 4.47. The maximum absolute atomic E-state index is 12.4. The van der Waals surface area contributed by atoms with Gasteiger partial charge in [0.15, 0.2) is 11.4 Å². The van der Waals surface area contributed by atoms with Gasteiger partial charge in [-0.1, -0.05) is 18.2 Å². The van der Waals surface area contributed by atoms with Gasteiger partial charge in [-0.25, -0.2) is 9.78 Å². The van der Waals surface area contributed by atoms with E-state index in [2.05, 4.69) is 20.6 Å². The second-order valence-corrected chi connectivity index (χ2v) is 6.59. The second-order valence-electron chi connectivity index (χ2n) is 6.59. The van der Waals surface area contributed by atoms with Crippen LogP contribution in [0.3, 0.4) is 0 Å². The van der Waals surface area contributed by atoms with E-state index in [1.54, 1.807) is 18.2 Å². The van der Waals surface area contributed by atoms with Gasteiger partial charge >= 0.3 is 6.03 Å². The molecule has 1 radical (unpaired) electrons. The van der Waals surface area contributed by atoms with E-state index in [9.17, 15) is 14.7 Å². The predicted octanol–water partition coefficient (Wildman–Crippen LogP) is 2.14. The normalized spacial score (nSPS) is 17.3. The first-order chi connectivity index (χ1) is 14.0. The number of hydrogen-bond donors (Lipinski definition) is 4. The summed E-state index contributed by atoms with van der Waals surface area (Å²) in [4.78, 5) is 31.1. The Morgan fingerprint density at radius 1 is 1.24 bits per heavy atom. The van der Waals surface area contributed by atoms with E-state index in [0.29, 0.717) is 24.5 Å². The minimum Gasteiger partial charge on any atom is -0.365 e. The van der Waals surface area contributed by atoms with Crippen LogP contribution in [-0.2, 0) is 16.3 Å². The first kappa shape index (κ1) is 18.5. The van der Waals surface area contributed by atoms with E-state index >= 15 is 0 Å². The number of imidazole rings is 1. The van der Waals surface area contributed by atoms with Crippen LogP contribution in [0, 0.1) is 0 Å². The molecule has 1 aliphatic carbocycles. The fraction of sp³-hybridized carbons (Fsp3) is 0.150. The van der Waals surface area contributed by atoms with Crippen molar-refractivity contribution in [3.8, 4) is 5.75 Å². The summed E-state index contributed by atoms with van der Waals surface area (Å²) in [6.45, 7) is 0.538. The van der Waals surface area contributed by atoms with Crippen molar-refractivity contribution in [1.82, 2.24) is 15.3 Å². The number of H-pyrrole nitrogens is 1. The Morgan fingerprint density at radius 3 is 2.79 bits per heavy atom. The van der Waals surface area contributed by atoms with Gasteiger partial charge in [-0.2, -0.15) is 0 Å². The lowest BCUT2D eigenvalue weighted by atomic mass is 10.0. The van der Waals surface area contributed by atoms with Crippen molar-refractivity contribution in [2.75, 3.05) is 11.9 Å². The number of nitrogens with two attached hydrogens (primary N) is 1. The molecule has 147 valence electrons. The zero-order valence-corrected chi connectivity index (χ0v) is 15.3. The molecule has 4 rings (SSSR count). The number of aromatic amines is 1. The first-order valence-corrected chi connectivity index (χ1v) is 8.92. The number of nitrogens with one attached hydrogen (secondary N) is 3. The molecule has 9 heteroatoms. The summed E-state index contributed by atoms with van der Waals surface area (Å²) in [5, 5.41) is 16.5. The fourth-order valence-electron chi connectivity index (χ4n) is 3.12. The number of benzene rings is 1. The number of aromatic nitrogens is 2. The number of primary amides is 1. The van der Waals surface area contributed by atoms with Gasteiger partial charge in [0.25, 0.3) is 5.91 Å². The number of rotatable bonds is 5. The van der Waals surface area contributed by atoms with Gasteiger partial charge < -0.3 is 20.8 Å². The lowest BCUT2D eigenvalue weighted by molar-refractivity contribution is 0.0997. The van der Waals surface area contributed by atoms with Crippen LogP contribution < -0.4 is 16.4 Å². The molecule has 0 spiro atoms. The molecule has 1 aliphatic heterocycles. The number of anilines is 1. The molecule has 29 heavy (non-hydrogen) atoms. The van der Waals surface area contributed by atoms with Crippen molar-refractivity contribution >= 4 is 17.8 Å². The molecule has 2 heterocycles. The summed E-state index contributed by atoms with van der Waals surface area (Å²) in [6, 6.07) is 5.69. The molecule has 2 aliphatic rings. The summed E-state index contributed by atoms with van der Waals surface area (Å²) in [5.74, 6) is -0.333. The Morgan fingerprint density at radius 2 is 2.03 bits per heavy atom. The summed E-state index contributed by atoms with van der Waals surface area (Å²) in [5.41, 5.74) is 7.70. The number of urea groups is 1. The maximum atomic E-state index is 12.4. The Kier molecular flexibility index (Phi) is 4.88. The molecule has 0 saturated carbocycles. The number of ether oxygens (including phenoxy) is 1. The van der Waals surface area contributed by atoms with E-state index in [-0.39, 0.29) is 23.4 Å².